The van der Waals surface area contributed by atoms with E-state index in [-0.39, 0.29) is 23.5 Å². The molecule has 22 heavy (non-hydrogen) atoms. The minimum Gasteiger partial charge on any atom is -0.392 e. The van der Waals surface area contributed by atoms with Crippen LogP contribution in [0.15, 0.2) is 35.1 Å². The Morgan fingerprint density at radius 2 is 2.05 bits per heavy atom. The summed E-state index contributed by atoms with van der Waals surface area (Å²) in [6.07, 6.45) is -5.33. The van der Waals surface area contributed by atoms with Crippen molar-refractivity contribution in [2.24, 2.45) is 0 Å². The Bertz CT molecular complexity index is 691. The standard InChI is InChI=1S/C14H14F3N3O2/c1-8(21)7-18-12-3-2-9(6-10(12)14(15,16)17)11-4-5-13(22)20-19-11/h2-6,8,18,21H,7H2,1H3,(H,20,22)/t8-/m0/s1. The van der Waals surface area contributed by atoms with Crippen LogP contribution in [0.25, 0.3) is 11.3 Å². The zero-order valence-electron chi connectivity index (χ0n) is 11.6. The molecule has 1 heterocycles. The maximum absolute atomic E-state index is 13.2. The molecule has 8 heteroatoms. The largest absolute Gasteiger partial charge is 0.418 e. The maximum atomic E-state index is 13.2. The lowest BCUT2D eigenvalue weighted by Gasteiger charge is -2.16. The molecule has 118 valence electrons. The number of H-pyrrole nitrogens is 1. The predicted molar refractivity (Wildman–Crippen MR) is 75.5 cm³/mol. The molecule has 0 saturated carbocycles. The Hall–Kier alpha value is -2.35. The van der Waals surface area contributed by atoms with Crippen molar-refractivity contribution < 1.29 is 18.3 Å². The van der Waals surface area contributed by atoms with Gasteiger partial charge >= 0.3 is 6.18 Å². The summed E-state index contributed by atoms with van der Waals surface area (Å²) < 4.78 is 39.5. The molecule has 2 aromatic rings. The number of rotatable bonds is 4. The van der Waals surface area contributed by atoms with Crippen molar-refractivity contribution in [3.8, 4) is 11.3 Å². The van der Waals surface area contributed by atoms with E-state index >= 15 is 0 Å². The monoisotopic (exact) mass is 313 g/mol. The first-order chi connectivity index (χ1) is 10.3. The lowest BCUT2D eigenvalue weighted by Crippen LogP contribution is -2.18. The predicted octanol–water partition coefficient (Wildman–Crippen LogP) is 2.25. The number of benzene rings is 1. The number of aromatic amines is 1. The van der Waals surface area contributed by atoms with Crippen LogP contribution in [0.2, 0.25) is 0 Å². The van der Waals surface area contributed by atoms with Crippen LogP contribution >= 0.6 is 0 Å². The molecule has 2 rings (SSSR count). The molecule has 5 nitrogen and oxygen atoms in total. The smallest absolute Gasteiger partial charge is 0.392 e. The summed E-state index contributed by atoms with van der Waals surface area (Å²) in [5.74, 6) is 0. The Kier molecular flexibility index (Phi) is 4.51. The molecule has 0 saturated heterocycles. The number of aromatic nitrogens is 2. The molecule has 0 bridgehead atoms. The van der Waals surface area contributed by atoms with Crippen LogP contribution < -0.4 is 10.9 Å². The molecule has 1 aromatic heterocycles. The molecule has 0 aliphatic heterocycles. The fraction of sp³-hybridized carbons (Fsp3) is 0.286. The van der Waals surface area contributed by atoms with E-state index < -0.39 is 23.4 Å². The van der Waals surface area contributed by atoms with Gasteiger partial charge in [0.25, 0.3) is 5.56 Å². The molecule has 1 atom stereocenters. The number of halogens is 3. The minimum atomic E-state index is -4.56. The Balaban J connectivity index is 2.43. The van der Waals surface area contributed by atoms with Gasteiger partial charge in [0.2, 0.25) is 0 Å². The minimum absolute atomic E-state index is 0.000661. The molecule has 0 spiro atoms. The highest BCUT2D eigenvalue weighted by atomic mass is 19.4. The number of nitrogens with zero attached hydrogens (tertiary/aromatic N) is 1. The first kappa shape index (κ1) is 16.0. The summed E-state index contributed by atoms with van der Waals surface area (Å²) in [5.41, 5.74) is -0.964. The van der Waals surface area contributed by atoms with Crippen LogP contribution in [0.3, 0.4) is 0 Å². The second-order valence-electron chi connectivity index (χ2n) is 4.79. The number of aliphatic hydroxyl groups excluding tert-OH is 1. The van der Waals surface area contributed by atoms with Crippen LogP contribution in [0.5, 0.6) is 0 Å². The third-order valence-electron chi connectivity index (χ3n) is 2.89. The van der Waals surface area contributed by atoms with Gasteiger partial charge in [-0.25, -0.2) is 5.10 Å². The number of aliphatic hydroxyl groups is 1. The average molecular weight is 313 g/mol. The van der Waals surface area contributed by atoms with Crippen molar-refractivity contribution in [3.63, 3.8) is 0 Å². The molecule has 0 aliphatic rings. The SMILES string of the molecule is C[C@H](O)CNc1ccc(-c2ccc(=O)[nH]n2)cc1C(F)(F)F. The maximum Gasteiger partial charge on any atom is 0.418 e. The van der Waals surface area contributed by atoms with Gasteiger partial charge in [0.1, 0.15) is 0 Å². The number of hydrogen-bond donors (Lipinski definition) is 3. The van der Waals surface area contributed by atoms with Crippen molar-refractivity contribution in [3.05, 3.63) is 46.2 Å². The van der Waals surface area contributed by atoms with E-state index in [9.17, 15) is 23.1 Å². The molecule has 0 amide bonds. The Morgan fingerprint density at radius 1 is 1.32 bits per heavy atom. The van der Waals surface area contributed by atoms with Gasteiger partial charge in [0.15, 0.2) is 0 Å². The molecule has 0 radical (unpaired) electrons. The molecule has 1 aromatic carbocycles. The highest BCUT2D eigenvalue weighted by Gasteiger charge is 2.34. The van der Waals surface area contributed by atoms with Gasteiger partial charge in [-0.15, -0.1) is 0 Å². The second kappa shape index (κ2) is 6.18. The molecule has 0 aliphatic carbocycles. The normalized spacial score (nSPS) is 13.0. The summed E-state index contributed by atoms with van der Waals surface area (Å²) in [6.45, 7) is 1.47. The fourth-order valence-corrected chi connectivity index (χ4v) is 1.86. The van der Waals surface area contributed by atoms with Crippen molar-refractivity contribution in [1.29, 1.82) is 0 Å². The van der Waals surface area contributed by atoms with Crippen molar-refractivity contribution in [1.82, 2.24) is 10.2 Å². The van der Waals surface area contributed by atoms with E-state index in [1.807, 2.05) is 0 Å². The molecule has 3 N–H and O–H groups in total. The number of alkyl halides is 3. The van der Waals surface area contributed by atoms with Gasteiger partial charge in [-0.3, -0.25) is 4.79 Å². The van der Waals surface area contributed by atoms with Crippen LogP contribution in [-0.4, -0.2) is 28.0 Å². The van der Waals surface area contributed by atoms with Gasteiger partial charge in [-0.05, 0) is 25.1 Å². The summed E-state index contributed by atoms with van der Waals surface area (Å²) in [5, 5.41) is 17.6. The highest BCUT2D eigenvalue weighted by Crippen LogP contribution is 2.37. The lowest BCUT2D eigenvalue weighted by molar-refractivity contribution is -0.136. The van der Waals surface area contributed by atoms with E-state index in [0.717, 1.165) is 6.07 Å². The van der Waals surface area contributed by atoms with Crippen LogP contribution in [-0.2, 0) is 6.18 Å². The van der Waals surface area contributed by atoms with E-state index in [1.165, 1.54) is 31.2 Å². The summed E-state index contributed by atoms with van der Waals surface area (Å²) in [6, 6.07) is 6.21. The van der Waals surface area contributed by atoms with Gasteiger partial charge < -0.3 is 10.4 Å². The van der Waals surface area contributed by atoms with Crippen LogP contribution in [0.1, 0.15) is 12.5 Å². The van der Waals surface area contributed by atoms with E-state index in [2.05, 4.69) is 15.5 Å². The number of nitrogens with one attached hydrogen (secondary N) is 2. The first-order valence-electron chi connectivity index (χ1n) is 6.46. The third kappa shape index (κ3) is 3.85. The fourth-order valence-electron chi connectivity index (χ4n) is 1.86. The van der Waals surface area contributed by atoms with E-state index in [1.54, 1.807) is 0 Å². The second-order valence-corrected chi connectivity index (χ2v) is 4.79. The zero-order chi connectivity index (χ0) is 16.3. The summed E-state index contributed by atoms with van der Waals surface area (Å²) in [7, 11) is 0. The van der Waals surface area contributed by atoms with E-state index in [4.69, 9.17) is 0 Å². The highest BCUT2D eigenvalue weighted by molar-refractivity contribution is 5.66. The van der Waals surface area contributed by atoms with E-state index in [0.29, 0.717) is 0 Å². The van der Waals surface area contributed by atoms with Crippen molar-refractivity contribution in [2.75, 3.05) is 11.9 Å². The Morgan fingerprint density at radius 3 is 2.59 bits per heavy atom. The quantitative estimate of drug-likeness (QED) is 0.809. The van der Waals surface area contributed by atoms with Crippen molar-refractivity contribution >= 4 is 5.69 Å². The number of anilines is 1. The summed E-state index contributed by atoms with van der Waals surface area (Å²) in [4.78, 5) is 11.0. The molecule has 0 fully saturated rings. The van der Waals surface area contributed by atoms with Gasteiger partial charge in [-0.2, -0.15) is 18.3 Å². The average Bonchev–Trinajstić information content (AvgIpc) is 2.45. The van der Waals surface area contributed by atoms with Gasteiger partial charge in [0, 0.05) is 23.9 Å². The van der Waals surface area contributed by atoms with Crippen molar-refractivity contribution in [2.45, 2.75) is 19.2 Å². The Labute approximate surface area is 123 Å². The molecular formula is C14H14F3N3O2. The lowest BCUT2D eigenvalue weighted by atomic mass is 10.1. The van der Waals surface area contributed by atoms with Gasteiger partial charge in [-0.1, -0.05) is 6.07 Å². The molecular weight excluding hydrogens is 299 g/mol. The topological polar surface area (TPSA) is 78.0 Å². The third-order valence-corrected chi connectivity index (χ3v) is 2.89. The van der Waals surface area contributed by atoms with Crippen LogP contribution in [0, 0.1) is 0 Å². The first-order valence-corrected chi connectivity index (χ1v) is 6.46. The zero-order valence-corrected chi connectivity index (χ0v) is 11.6. The van der Waals surface area contributed by atoms with Crippen LogP contribution in [0.4, 0.5) is 18.9 Å². The molecule has 0 unspecified atom stereocenters. The number of hydrogen-bond acceptors (Lipinski definition) is 4. The van der Waals surface area contributed by atoms with Gasteiger partial charge in [0.05, 0.1) is 17.4 Å². The summed E-state index contributed by atoms with van der Waals surface area (Å²) >= 11 is 0.